The standard InChI is InChI=1S/C12H24N2.C11H23N.2C9H17NO.C9H19N.C8H17N.C7H15NO.C7H15N.C6H13NO2.C6H13NS/c1-11(2)14-9-5-6-12(14)10-13-7-3-4-8-13;1-5-10-7-8-11(6-2)12(10)9(3)4;2*1-7(2)10-6-4-5-9(10)8(3)11;1-4-9-6-5-7-10(9)8(2)3;1-7(2)9-6-4-5-8(9)3;1-7(2)8-3-5-9-6-4-8;1-7(2)8-5-3-4-6-8;1-5(2)7-3-6(8)4-9-7;1-6(2)7-3-4-8-5-7/h11-12H,3-10H2,1-2H3;9-11H,5-8H2,1-4H3;2*7,9H,4-6H2,1-3H3;8-9H,4-7H2,1-3H3;7-8H,4-6H2,1-3H3;7H,3-6H2,1-2H3;7H,3-6H2,1-2H3;5-6,8H,3-4H2,1-2H3;6H,3-5H2,1-2H3/t12-;10-,11-;3*9-;8-;;;;/m010011..../s1. The summed E-state index contributed by atoms with van der Waals surface area (Å²) in [5.41, 5.74) is 0. The van der Waals surface area contributed by atoms with Crippen LogP contribution in [0.3, 0.4) is 0 Å². The van der Waals surface area contributed by atoms with Crippen LogP contribution < -0.4 is 0 Å². The van der Waals surface area contributed by atoms with Gasteiger partial charge in [0.2, 0.25) is 0 Å². The molecule has 0 aromatic rings. The minimum Gasteiger partial charge on any atom is -0.389 e. The lowest BCUT2D eigenvalue weighted by Crippen LogP contribution is -2.42. The summed E-state index contributed by atoms with van der Waals surface area (Å²) in [6.45, 7) is 76.7. The molecule has 11 saturated heterocycles. The Labute approximate surface area is 632 Å². The predicted octanol–water partition coefficient (Wildman–Crippen LogP) is 15.7. The fourth-order valence-corrected chi connectivity index (χ4v) is 18.2. The Kier molecular flexibility index (Phi) is 51.3. The summed E-state index contributed by atoms with van der Waals surface area (Å²) in [4.78, 5) is 52.7. The van der Waals surface area contributed by atoms with Crippen LogP contribution in [0.2, 0.25) is 0 Å². The number of rotatable bonds is 17. The van der Waals surface area contributed by atoms with Gasteiger partial charge in [-0.25, -0.2) is 0 Å². The first kappa shape index (κ1) is 96.2. The van der Waals surface area contributed by atoms with E-state index in [0.29, 0.717) is 48.9 Å². The number of nitrogens with zero attached hydrogens (tertiary/aromatic N) is 11. The largest absolute Gasteiger partial charge is 0.389 e. The maximum absolute atomic E-state index is 11.1. The molecule has 0 saturated carbocycles. The van der Waals surface area contributed by atoms with Crippen LogP contribution >= 0.6 is 11.8 Å². The van der Waals surface area contributed by atoms with Crippen LogP contribution in [0.15, 0.2) is 0 Å². The average molecular weight is 1450 g/mol. The number of hydrogen-bond acceptors (Lipinski definition) is 17. The van der Waals surface area contributed by atoms with Crippen molar-refractivity contribution in [1.29, 1.82) is 0 Å². The zero-order chi connectivity index (χ0) is 75.9. The third-order valence-electron chi connectivity index (χ3n) is 23.2. The van der Waals surface area contributed by atoms with Crippen molar-refractivity contribution in [3.63, 3.8) is 0 Å². The van der Waals surface area contributed by atoms with E-state index in [0.717, 1.165) is 119 Å². The van der Waals surface area contributed by atoms with Crippen LogP contribution in [0, 0.1) is 0 Å². The lowest BCUT2D eigenvalue weighted by molar-refractivity contribution is -0.132. The minimum atomic E-state index is -0.285. The molecule has 11 aliphatic heterocycles. The van der Waals surface area contributed by atoms with Gasteiger partial charge in [-0.15, -0.1) is 11.8 Å². The van der Waals surface area contributed by atoms with Crippen molar-refractivity contribution in [3.8, 4) is 0 Å². The number of likely N-dealkylation sites (tertiary alicyclic amines) is 8. The first-order chi connectivity index (χ1) is 47.8. The van der Waals surface area contributed by atoms with Gasteiger partial charge in [-0.1, -0.05) is 20.8 Å². The molecule has 16 nitrogen and oxygen atoms in total. The number of thioether (sulfide) groups is 1. The molecule has 0 aromatic carbocycles. The molecule has 101 heavy (non-hydrogen) atoms. The summed E-state index contributed by atoms with van der Waals surface area (Å²) in [6, 6.07) is 11.4. The summed E-state index contributed by atoms with van der Waals surface area (Å²) >= 11 is 2.04. The molecule has 11 fully saturated rings. The molecule has 0 bridgehead atoms. The molecular formula is C84H173N11O5S. The summed E-state index contributed by atoms with van der Waals surface area (Å²) in [6.07, 6.45) is 25.2. The highest BCUT2D eigenvalue weighted by atomic mass is 32.2. The molecule has 0 radical (unpaired) electrons. The van der Waals surface area contributed by atoms with Gasteiger partial charge in [-0.2, -0.15) is 5.06 Å². The van der Waals surface area contributed by atoms with Gasteiger partial charge in [0.05, 0.1) is 44.6 Å². The molecule has 11 heterocycles. The molecule has 8 atom stereocenters. The number of aliphatic hydroxyl groups is 1. The Bertz CT molecular complexity index is 1950. The molecular weight excluding hydrogens is 1280 g/mol. The van der Waals surface area contributed by atoms with Gasteiger partial charge in [0.25, 0.3) is 0 Å². The van der Waals surface area contributed by atoms with Crippen LogP contribution in [0.25, 0.3) is 0 Å². The highest BCUT2D eigenvalue weighted by Gasteiger charge is 2.34. The van der Waals surface area contributed by atoms with Gasteiger partial charge in [-0.3, -0.25) is 53.6 Å². The number of β-amino-alcohol motifs (C(OH)–C–C–N with tert-alkyl or cyclic N) is 1. The Morgan fingerprint density at radius 2 is 0.802 bits per heavy atom. The third-order valence-corrected chi connectivity index (χ3v) is 24.2. The average Bonchev–Trinajstić information content (AvgIpc) is 1.72. The molecule has 1 unspecified atom stereocenters. The van der Waals surface area contributed by atoms with Crippen molar-refractivity contribution in [2.75, 3.05) is 123 Å². The molecule has 11 aliphatic rings. The van der Waals surface area contributed by atoms with Gasteiger partial charge in [0.1, 0.15) is 11.6 Å². The summed E-state index contributed by atoms with van der Waals surface area (Å²) < 4.78 is 5.21. The van der Waals surface area contributed by atoms with Crippen LogP contribution in [0.5, 0.6) is 0 Å². The molecule has 0 amide bonds. The summed E-state index contributed by atoms with van der Waals surface area (Å²) in [5, 5.41) is 10.8. The second-order valence-corrected chi connectivity index (χ2v) is 35.2. The Balaban J connectivity index is 0.000000383. The van der Waals surface area contributed by atoms with E-state index in [2.05, 4.69) is 201 Å². The van der Waals surface area contributed by atoms with Crippen LogP contribution in [-0.4, -0.2) is 303 Å². The molecule has 11 rings (SSSR count). The number of carbonyl (C=O) groups excluding carboxylic acids is 2. The highest BCUT2D eigenvalue weighted by molar-refractivity contribution is 7.99. The second kappa shape index (κ2) is 53.9. The summed E-state index contributed by atoms with van der Waals surface area (Å²) in [7, 11) is 0. The number of ketones is 2. The minimum absolute atomic E-state index is 0.218. The zero-order valence-corrected chi connectivity index (χ0v) is 72.5. The lowest BCUT2D eigenvalue weighted by Gasteiger charge is -2.32. The molecule has 1 N–H and O–H groups in total. The van der Waals surface area contributed by atoms with E-state index in [1.165, 1.54) is 180 Å². The van der Waals surface area contributed by atoms with Crippen molar-refractivity contribution < 1.29 is 24.3 Å². The van der Waals surface area contributed by atoms with E-state index >= 15 is 0 Å². The number of carbonyl (C=O) groups is 2. The molecule has 17 heteroatoms. The van der Waals surface area contributed by atoms with Gasteiger partial charge in [-0.05, 0) is 340 Å². The van der Waals surface area contributed by atoms with E-state index in [4.69, 9.17) is 14.7 Å². The fraction of sp³-hybridized carbons (Fsp3) is 0.976. The number of morpholine rings is 1. The van der Waals surface area contributed by atoms with Crippen LogP contribution in [-0.2, 0) is 19.2 Å². The Hall–Kier alpha value is -0.870. The smallest absolute Gasteiger partial charge is 0.146 e. The number of Topliss-reactive ketones (excluding diaryl/α,β-unsaturated/α-hetero) is 2. The topological polar surface area (TPSA) is 108 Å². The lowest BCUT2D eigenvalue weighted by atomic mass is 10.1. The van der Waals surface area contributed by atoms with Gasteiger partial charge in [0, 0.05) is 128 Å². The third kappa shape index (κ3) is 37.4. The highest BCUT2D eigenvalue weighted by Crippen LogP contribution is 2.31. The number of ether oxygens (including phenoxy) is 1. The van der Waals surface area contributed by atoms with E-state index in [1.807, 2.05) is 25.6 Å². The van der Waals surface area contributed by atoms with E-state index in [1.54, 1.807) is 18.9 Å². The quantitative estimate of drug-likeness (QED) is 0.149. The number of hydrogen-bond donors (Lipinski definition) is 1. The molecule has 600 valence electrons. The first-order valence-corrected chi connectivity index (χ1v) is 43.7. The van der Waals surface area contributed by atoms with E-state index in [9.17, 15) is 9.59 Å². The van der Waals surface area contributed by atoms with Crippen molar-refractivity contribution in [3.05, 3.63) is 0 Å². The number of aliphatic hydroxyl groups excluding tert-OH is 1. The summed E-state index contributed by atoms with van der Waals surface area (Å²) in [5.74, 6) is 3.24. The van der Waals surface area contributed by atoms with Gasteiger partial charge < -0.3 is 19.6 Å². The van der Waals surface area contributed by atoms with Crippen LogP contribution in [0.4, 0.5) is 0 Å². The van der Waals surface area contributed by atoms with Gasteiger partial charge >= 0.3 is 0 Å². The first-order valence-electron chi connectivity index (χ1n) is 42.6. The van der Waals surface area contributed by atoms with E-state index < -0.39 is 0 Å². The Morgan fingerprint density at radius 1 is 0.406 bits per heavy atom. The maximum atomic E-state index is 11.1. The predicted molar refractivity (Wildman–Crippen MR) is 438 cm³/mol. The fourth-order valence-electron chi connectivity index (χ4n) is 17.1. The van der Waals surface area contributed by atoms with Crippen LogP contribution in [0.1, 0.15) is 302 Å². The van der Waals surface area contributed by atoms with Crippen molar-refractivity contribution in [2.45, 2.75) is 411 Å². The van der Waals surface area contributed by atoms with Crippen molar-refractivity contribution in [1.82, 2.24) is 54.1 Å². The van der Waals surface area contributed by atoms with E-state index in [-0.39, 0.29) is 18.2 Å². The maximum Gasteiger partial charge on any atom is 0.146 e. The van der Waals surface area contributed by atoms with Crippen molar-refractivity contribution >= 4 is 23.3 Å². The SMILES string of the molecule is CC(=O)[C@@H]1CCCN1C(C)C.CC(=O)[C@@H]1CCCN1C(C)C.CC(C)N1CC(O)CO1.CC(C)N1CCCC1.CC(C)N1CCC[C@H]1C.CC(C)N1CCC[C@H]1CN1CCCC1.CC(C)N1CCOCC1.CC(C)N1CCSC1.CC[C@@H]1CCCN1C(C)C.CC[C@@H]1CC[C@@H](CC)N1C(C)C. The molecule has 0 spiro atoms. The Morgan fingerprint density at radius 3 is 1.09 bits per heavy atom. The monoisotopic (exact) mass is 1450 g/mol. The van der Waals surface area contributed by atoms with Crippen molar-refractivity contribution in [2.24, 2.45) is 0 Å². The number of hydroxylamine groups is 2. The zero-order valence-electron chi connectivity index (χ0n) is 71.7. The second-order valence-electron chi connectivity index (χ2n) is 34.1. The molecule has 0 aromatic heterocycles. The normalized spacial score (nSPS) is 27.6. The van der Waals surface area contributed by atoms with Gasteiger partial charge in [0.15, 0.2) is 0 Å². The molecule has 0 aliphatic carbocycles.